The molecule has 3 aliphatic rings. The largest absolute Gasteiger partial charge is 0.340 e. The summed E-state index contributed by atoms with van der Waals surface area (Å²) in [6, 6.07) is 0.547. The highest BCUT2D eigenvalue weighted by Crippen LogP contribution is 2.59. The highest BCUT2D eigenvalue weighted by Gasteiger charge is 2.58. The molecule has 1 aliphatic heterocycles. The van der Waals surface area contributed by atoms with Gasteiger partial charge >= 0.3 is 0 Å². The van der Waals surface area contributed by atoms with Gasteiger partial charge in [0.05, 0.1) is 0 Å². The number of carbonyl (C=O) groups is 1. The molecule has 0 aromatic carbocycles. The second kappa shape index (κ2) is 6.65. The number of nitrogens with one attached hydrogen (secondary N) is 1. The Bertz CT molecular complexity index is 335. The number of amides is 1. The first kappa shape index (κ1) is 16.1. The van der Waals surface area contributed by atoms with Gasteiger partial charge in [0.2, 0.25) is 5.91 Å². The van der Waals surface area contributed by atoms with Gasteiger partial charge in [-0.1, -0.05) is 19.3 Å². The normalized spacial score (nSPS) is 28.8. The lowest BCUT2D eigenvalue weighted by molar-refractivity contribution is -0.136. The van der Waals surface area contributed by atoms with Crippen molar-refractivity contribution in [2.24, 2.45) is 11.3 Å². The van der Waals surface area contributed by atoms with Crippen molar-refractivity contribution in [1.29, 1.82) is 0 Å². The maximum atomic E-state index is 12.8. The average molecular weight is 301 g/mol. The summed E-state index contributed by atoms with van der Waals surface area (Å²) >= 11 is 0. The van der Waals surface area contributed by atoms with Crippen LogP contribution in [-0.2, 0) is 4.79 Å². The molecule has 0 aromatic heterocycles. The van der Waals surface area contributed by atoms with Crippen LogP contribution in [0.2, 0.25) is 0 Å². The molecule has 1 spiro atoms. The van der Waals surface area contributed by atoms with Crippen molar-refractivity contribution in [3.8, 4) is 0 Å². The Morgan fingerprint density at radius 1 is 1.20 bits per heavy atom. The van der Waals surface area contributed by atoms with Crippen LogP contribution in [0.15, 0.2) is 0 Å². The van der Waals surface area contributed by atoms with Crippen molar-refractivity contribution in [3.05, 3.63) is 0 Å². The van der Waals surface area contributed by atoms with E-state index >= 15 is 0 Å². The van der Waals surface area contributed by atoms with Crippen molar-refractivity contribution in [2.45, 2.75) is 64.3 Å². The quantitative estimate of drug-likeness (QED) is 0.869. The predicted molar refractivity (Wildman–Crippen MR) is 84.2 cm³/mol. The molecule has 3 nitrogen and oxygen atoms in total. The van der Waals surface area contributed by atoms with E-state index in [1.165, 1.54) is 44.9 Å². The van der Waals surface area contributed by atoms with Crippen LogP contribution in [0.25, 0.3) is 0 Å². The number of hydrogen-bond acceptors (Lipinski definition) is 2. The molecule has 20 heavy (non-hydrogen) atoms. The molecule has 3 rings (SSSR count). The van der Waals surface area contributed by atoms with E-state index in [1.807, 2.05) is 0 Å². The summed E-state index contributed by atoms with van der Waals surface area (Å²) in [5.74, 6) is 0.841. The molecular weight excluding hydrogens is 272 g/mol. The maximum absolute atomic E-state index is 12.8. The molecule has 2 aliphatic carbocycles. The SMILES string of the molecule is CCN(C(=O)C1CC12CCNCC2)C1CCCCC1.Cl. The van der Waals surface area contributed by atoms with E-state index < -0.39 is 0 Å². The number of nitrogens with zero attached hydrogens (tertiary/aromatic N) is 1. The monoisotopic (exact) mass is 300 g/mol. The van der Waals surface area contributed by atoms with Crippen molar-refractivity contribution in [1.82, 2.24) is 10.2 Å². The number of hydrogen-bond donors (Lipinski definition) is 1. The maximum Gasteiger partial charge on any atom is 0.226 e. The van der Waals surface area contributed by atoms with E-state index in [9.17, 15) is 4.79 Å². The summed E-state index contributed by atoms with van der Waals surface area (Å²) in [5, 5.41) is 3.42. The first-order valence-corrected chi connectivity index (χ1v) is 8.28. The first-order chi connectivity index (χ1) is 9.27. The van der Waals surface area contributed by atoms with Crippen LogP contribution in [-0.4, -0.2) is 36.5 Å². The van der Waals surface area contributed by atoms with E-state index in [-0.39, 0.29) is 12.4 Å². The van der Waals surface area contributed by atoms with E-state index in [1.54, 1.807) is 0 Å². The molecule has 1 atom stereocenters. The molecule has 116 valence electrons. The van der Waals surface area contributed by atoms with Crippen LogP contribution in [0.1, 0.15) is 58.3 Å². The van der Waals surface area contributed by atoms with Gasteiger partial charge < -0.3 is 10.2 Å². The lowest BCUT2D eigenvalue weighted by Gasteiger charge is -2.35. The number of halogens is 1. The molecule has 4 heteroatoms. The van der Waals surface area contributed by atoms with Gasteiger partial charge in [-0.25, -0.2) is 0 Å². The molecule has 0 radical (unpaired) electrons. The number of carbonyl (C=O) groups excluding carboxylic acids is 1. The van der Waals surface area contributed by atoms with Gasteiger partial charge in [-0.2, -0.15) is 0 Å². The molecule has 2 saturated carbocycles. The Labute approximate surface area is 129 Å². The summed E-state index contributed by atoms with van der Waals surface area (Å²) in [6.07, 6.45) is 10.1. The summed E-state index contributed by atoms with van der Waals surface area (Å²) < 4.78 is 0. The van der Waals surface area contributed by atoms with E-state index in [0.29, 0.717) is 23.3 Å². The minimum absolute atomic E-state index is 0. The average Bonchev–Trinajstić information content (AvgIpc) is 3.15. The number of rotatable bonds is 3. The van der Waals surface area contributed by atoms with Crippen molar-refractivity contribution in [3.63, 3.8) is 0 Å². The van der Waals surface area contributed by atoms with Gasteiger partial charge in [0.15, 0.2) is 0 Å². The van der Waals surface area contributed by atoms with Gasteiger partial charge in [-0.05, 0) is 57.5 Å². The van der Waals surface area contributed by atoms with E-state index in [2.05, 4.69) is 17.1 Å². The van der Waals surface area contributed by atoms with Crippen molar-refractivity contribution >= 4 is 18.3 Å². The minimum atomic E-state index is 0. The smallest absolute Gasteiger partial charge is 0.226 e. The molecule has 1 heterocycles. The zero-order chi connectivity index (χ0) is 13.3. The van der Waals surface area contributed by atoms with Crippen LogP contribution in [0, 0.1) is 11.3 Å². The standard InChI is InChI=1S/C16H28N2O.ClH/c1-2-18(13-6-4-3-5-7-13)15(19)14-12-16(14)8-10-17-11-9-16;/h13-14,17H,2-12H2,1H3;1H. The number of piperidine rings is 1. The van der Waals surface area contributed by atoms with E-state index in [4.69, 9.17) is 0 Å². The highest BCUT2D eigenvalue weighted by atomic mass is 35.5. The second-order valence-corrected chi connectivity index (χ2v) is 6.79. The Kier molecular flexibility index (Phi) is 5.36. The molecule has 1 unspecified atom stereocenters. The topological polar surface area (TPSA) is 32.3 Å². The Balaban J connectivity index is 0.00000147. The lowest BCUT2D eigenvalue weighted by atomic mass is 9.90. The Morgan fingerprint density at radius 3 is 2.45 bits per heavy atom. The lowest BCUT2D eigenvalue weighted by Crippen LogP contribution is -2.43. The van der Waals surface area contributed by atoms with Gasteiger partial charge in [0.25, 0.3) is 0 Å². The van der Waals surface area contributed by atoms with Gasteiger partial charge in [-0.3, -0.25) is 4.79 Å². The van der Waals surface area contributed by atoms with Crippen LogP contribution >= 0.6 is 12.4 Å². The van der Waals surface area contributed by atoms with Crippen LogP contribution in [0.3, 0.4) is 0 Å². The molecule has 1 saturated heterocycles. The summed E-state index contributed by atoms with van der Waals surface area (Å²) in [6.45, 7) is 5.29. The third kappa shape index (κ3) is 2.99. The second-order valence-electron chi connectivity index (χ2n) is 6.79. The summed E-state index contributed by atoms with van der Waals surface area (Å²) in [7, 11) is 0. The predicted octanol–water partition coefficient (Wildman–Crippen LogP) is 2.98. The zero-order valence-electron chi connectivity index (χ0n) is 12.7. The molecular formula is C16H29ClN2O. The highest BCUT2D eigenvalue weighted by molar-refractivity contribution is 5.85. The van der Waals surface area contributed by atoms with Gasteiger partial charge in [0.1, 0.15) is 0 Å². The summed E-state index contributed by atoms with van der Waals surface area (Å²) in [5.41, 5.74) is 0.393. The molecule has 0 aromatic rings. The molecule has 3 fully saturated rings. The Hall–Kier alpha value is -0.280. The fraction of sp³-hybridized carbons (Fsp3) is 0.938. The van der Waals surface area contributed by atoms with Crippen LogP contribution in [0.4, 0.5) is 0 Å². The van der Waals surface area contributed by atoms with Gasteiger partial charge in [0, 0.05) is 18.5 Å². The van der Waals surface area contributed by atoms with Crippen molar-refractivity contribution < 1.29 is 4.79 Å². The fourth-order valence-electron chi connectivity index (χ4n) is 4.36. The zero-order valence-corrected chi connectivity index (χ0v) is 13.5. The van der Waals surface area contributed by atoms with Gasteiger partial charge in [-0.15, -0.1) is 12.4 Å². The third-order valence-electron chi connectivity index (χ3n) is 5.73. The van der Waals surface area contributed by atoms with E-state index in [0.717, 1.165) is 26.1 Å². The van der Waals surface area contributed by atoms with Crippen LogP contribution in [0.5, 0.6) is 0 Å². The molecule has 1 amide bonds. The van der Waals surface area contributed by atoms with Crippen LogP contribution < -0.4 is 5.32 Å². The molecule has 1 N–H and O–H groups in total. The third-order valence-corrected chi connectivity index (χ3v) is 5.73. The molecule has 0 bridgehead atoms. The fourth-order valence-corrected chi connectivity index (χ4v) is 4.36. The first-order valence-electron chi connectivity index (χ1n) is 8.28. The summed E-state index contributed by atoms with van der Waals surface area (Å²) in [4.78, 5) is 15.0. The van der Waals surface area contributed by atoms with Crippen molar-refractivity contribution in [2.75, 3.05) is 19.6 Å². The minimum Gasteiger partial charge on any atom is -0.340 e. The Morgan fingerprint density at radius 2 is 1.85 bits per heavy atom.